The molecule has 0 bridgehead atoms. The molecule has 0 N–H and O–H groups in total. The van der Waals surface area contributed by atoms with Gasteiger partial charge in [-0.2, -0.15) is 0 Å². The number of ether oxygens (including phenoxy) is 1. The minimum absolute atomic E-state index is 0.621. The van der Waals surface area contributed by atoms with Crippen molar-refractivity contribution in [2.45, 2.75) is 0 Å². The van der Waals surface area contributed by atoms with Crippen molar-refractivity contribution >= 4 is 18.0 Å². The van der Waals surface area contributed by atoms with Gasteiger partial charge in [0, 0.05) is 12.9 Å². The number of hydrogen-bond acceptors (Lipinski definition) is 4. The second-order valence-corrected chi connectivity index (χ2v) is 1.86. The fourth-order valence-electron chi connectivity index (χ4n) is 0.193. The van der Waals surface area contributed by atoms with Crippen LogP contribution in [0.1, 0.15) is 0 Å². The Morgan fingerprint density at radius 1 is 1.88 bits per heavy atom. The highest BCUT2D eigenvalue weighted by Gasteiger charge is 1.80. The number of carbonyl (C=O) groups excluding carboxylic acids is 1. The molecule has 8 heavy (non-hydrogen) atoms. The molecular formula is C4H7NO2S. The molecule has 0 saturated heterocycles. The number of isocyanates is 1. The Kier molecular flexibility index (Phi) is 6.43. The lowest BCUT2D eigenvalue weighted by molar-refractivity contribution is 0.218. The molecule has 0 aromatic carbocycles. The molecule has 3 nitrogen and oxygen atoms in total. The van der Waals surface area contributed by atoms with E-state index in [0.717, 1.165) is 11.9 Å². The van der Waals surface area contributed by atoms with E-state index in [9.17, 15) is 4.79 Å². The SMILES string of the molecule is COCCSN=C=O. The summed E-state index contributed by atoms with van der Waals surface area (Å²) in [5, 5.41) is 0. The third-order valence-corrected chi connectivity index (χ3v) is 1.03. The van der Waals surface area contributed by atoms with Gasteiger partial charge in [0.15, 0.2) is 0 Å². The summed E-state index contributed by atoms with van der Waals surface area (Å²) in [5.41, 5.74) is 0. The second-order valence-electron chi connectivity index (χ2n) is 1.01. The molecule has 0 aliphatic rings. The van der Waals surface area contributed by atoms with Crippen LogP contribution in [-0.2, 0) is 9.53 Å². The molecule has 46 valence electrons. The molecule has 0 aliphatic heterocycles. The normalized spacial score (nSPS) is 8.12. The van der Waals surface area contributed by atoms with E-state index in [0.29, 0.717) is 12.4 Å². The van der Waals surface area contributed by atoms with Gasteiger partial charge >= 0.3 is 0 Å². The number of nitrogens with zero attached hydrogens (tertiary/aromatic N) is 1. The van der Waals surface area contributed by atoms with Gasteiger partial charge in [-0.3, -0.25) is 0 Å². The lowest BCUT2D eigenvalue weighted by Crippen LogP contribution is -1.88. The summed E-state index contributed by atoms with van der Waals surface area (Å²) in [5.74, 6) is 0.714. The van der Waals surface area contributed by atoms with Crippen LogP contribution in [0.15, 0.2) is 4.40 Å². The predicted molar refractivity (Wildman–Crippen MR) is 32.5 cm³/mol. The summed E-state index contributed by atoms with van der Waals surface area (Å²) in [6, 6.07) is 0. The molecule has 4 heteroatoms. The van der Waals surface area contributed by atoms with Crippen molar-refractivity contribution in [2.24, 2.45) is 4.40 Å². The van der Waals surface area contributed by atoms with Crippen LogP contribution in [0.5, 0.6) is 0 Å². The van der Waals surface area contributed by atoms with Crippen molar-refractivity contribution in [3.63, 3.8) is 0 Å². The quantitative estimate of drug-likeness (QED) is 0.244. The largest absolute Gasteiger partial charge is 0.384 e. The molecule has 0 aromatic heterocycles. The Balaban J connectivity index is 2.82. The topological polar surface area (TPSA) is 38.7 Å². The van der Waals surface area contributed by atoms with E-state index in [1.54, 1.807) is 7.11 Å². The summed E-state index contributed by atoms with van der Waals surface area (Å²) in [6.07, 6.45) is 1.41. The van der Waals surface area contributed by atoms with Crippen LogP contribution < -0.4 is 0 Å². The van der Waals surface area contributed by atoms with Gasteiger partial charge in [0.05, 0.1) is 6.61 Å². The molecule has 0 aromatic rings. The van der Waals surface area contributed by atoms with Crippen molar-refractivity contribution in [2.75, 3.05) is 19.5 Å². The summed E-state index contributed by atoms with van der Waals surface area (Å²) >= 11 is 1.15. The molecule has 0 radical (unpaired) electrons. The monoisotopic (exact) mass is 133 g/mol. The first-order chi connectivity index (χ1) is 3.91. The van der Waals surface area contributed by atoms with Gasteiger partial charge in [-0.05, 0) is 11.9 Å². The van der Waals surface area contributed by atoms with Crippen LogP contribution in [-0.4, -0.2) is 25.5 Å². The van der Waals surface area contributed by atoms with Crippen LogP contribution >= 0.6 is 11.9 Å². The third-order valence-electron chi connectivity index (χ3n) is 0.481. The summed E-state index contributed by atoms with van der Waals surface area (Å²) in [4.78, 5) is 9.41. The van der Waals surface area contributed by atoms with E-state index in [4.69, 9.17) is 0 Å². The van der Waals surface area contributed by atoms with Gasteiger partial charge in [0.25, 0.3) is 0 Å². The smallest absolute Gasteiger partial charge is 0.247 e. The molecule has 0 heterocycles. The first kappa shape index (κ1) is 7.69. The number of methoxy groups -OCH3 is 1. The highest BCUT2D eigenvalue weighted by Crippen LogP contribution is 1.97. The number of hydrogen-bond donors (Lipinski definition) is 0. The van der Waals surface area contributed by atoms with Gasteiger partial charge < -0.3 is 4.74 Å². The van der Waals surface area contributed by atoms with E-state index >= 15 is 0 Å². The first-order valence-electron chi connectivity index (χ1n) is 2.10. The minimum atomic E-state index is 0.621. The van der Waals surface area contributed by atoms with Gasteiger partial charge in [0.1, 0.15) is 0 Å². The zero-order valence-electron chi connectivity index (χ0n) is 4.59. The highest BCUT2D eigenvalue weighted by atomic mass is 32.2. The van der Waals surface area contributed by atoms with Crippen molar-refractivity contribution in [1.29, 1.82) is 0 Å². The van der Waals surface area contributed by atoms with E-state index in [1.165, 1.54) is 6.08 Å². The Morgan fingerprint density at radius 2 is 2.62 bits per heavy atom. The van der Waals surface area contributed by atoms with Crippen LogP contribution in [0, 0.1) is 0 Å². The van der Waals surface area contributed by atoms with Crippen molar-refractivity contribution < 1.29 is 9.53 Å². The third kappa shape index (κ3) is 5.69. The maximum absolute atomic E-state index is 9.41. The zero-order chi connectivity index (χ0) is 6.24. The summed E-state index contributed by atoms with van der Waals surface area (Å²) < 4.78 is 7.92. The average Bonchev–Trinajstić information content (AvgIpc) is 1.81. The van der Waals surface area contributed by atoms with Crippen molar-refractivity contribution in [3.05, 3.63) is 0 Å². The standard InChI is InChI=1S/C4H7NO2S/c1-7-2-3-8-5-4-6/h2-3H2,1H3. The first-order valence-corrected chi connectivity index (χ1v) is 3.04. The molecule has 0 rings (SSSR count). The van der Waals surface area contributed by atoms with Gasteiger partial charge in [-0.15, -0.1) is 4.40 Å². The lowest BCUT2D eigenvalue weighted by atomic mass is 10.9. The average molecular weight is 133 g/mol. The Morgan fingerprint density at radius 3 is 3.12 bits per heavy atom. The summed E-state index contributed by atoms with van der Waals surface area (Å²) in [6.45, 7) is 0.621. The van der Waals surface area contributed by atoms with Gasteiger partial charge in [-0.25, -0.2) is 4.79 Å². The van der Waals surface area contributed by atoms with E-state index in [2.05, 4.69) is 9.13 Å². The Hall–Kier alpha value is -0.310. The zero-order valence-corrected chi connectivity index (χ0v) is 5.40. The van der Waals surface area contributed by atoms with Crippen molar-refractivity contribution in [3.8, 4) is 0 Å². The molecular weight excluding hydrogens is 126 g/mol. The fourth-order valence-corrected chi connectivity index (χ4v) is 0.578. The van der Waals surface area contributed by atoms with E-state index < -0.39 is 0 Å². The maximum Gasteiger partial charge on any atom is 0.247 e. The molecule has 0 aliphatic carbocycles. The summed E-state index contributed by atoms with van der Waals surface area (Å²) in [7, 11) is 1.60. The van der Waals surface area contributed by atoms with Crippen LogP contribution in [0.25, 0.3) is 0 Å². The van der Waals surface area contributed by atoms with Gasteiger partial charge in [0.2, 0.25) is 6.08 Å². The van der Waals surface area contributed by atoms with Crippen molar-refractivity contribution in [1.82, 2.24) is 0 Å². The molecule has 0 unspecified atom stereocenters. The van der Waals surface area contributed by atoms with Crippen LogP contribution in [0.3, 0.4) is 0 Å². The fraction of sp³-hybridized carbons (Fsp3) is 0.750. The van der Waals surface area contributed by atoms with Crippen LogP contribution in [0.4, 0.5) is 0 Å². The van der Waals surface area contributed by atoms with E-state index in [1.807, 2.05) is 0 Å². The second kappa shape index (κ2) is 6.69. The molecule has 0 fully saturated rings. The number of rotatable bonds is 4. The lowest BCUT2D eigenvalue weighted by Gasteiger charge is -1.88. The Bertz CT molecular complexity index is 90.0. The minimum Gasteiger partial charge on any atom is -0.384 e. The van der Waals surface area contributed by atoms with Gasteiger partial charge in [-0.1, -0.05) is 0 Å². The molecule has 0 atom stereocenters. The highest BCUT2D eigenvalue weighted by molar-refractivity contribution is 7.98. The Labute approximate surface area is 52.3 Å². The van der Waals surface area contributed by atoms with Crippen LogP contribution in [0.2, 0.25) is 0 Å². The molecule has 0 saturated carbocycles. The molecule has 0 spiro atoms. The molecule has 0 amide bonds. The predicted octanol–water partition coefficient (Wildman–Crippen LogP) is 0.617. The van der Waals surface area contributed by atoms with E-state index in [-0.39, 0.29) is 0 Å². The maximum atomic E-state index is 9.41.